The van der Waals surface area contributed by atoms with E-state index in [2.05, 4.69) is 15.3 Å². The van der Waals surface area contributed by atoms with E-state index in [-0.39, 0.29) is 22.3 Å². The zero-order valence-electron chi connectivity index (χ0n) is 11.2. The Hall–Kier alpha value is -2.61. The largest absolute Gasteiger partial charge is 0.489 e. The Balaban J connectivity index is 2.36. The van der Waals surface area contributed by atoms with Gasteiger partial charge in [0.1, 0.15) is 12.1 Å². The van der Waals surface area contributed by atoms with Crippen molar-refractivity contribution in [2.75, 3.05) is 19.5 Å². The molecule has 2 rings (SSSR count). The molecule has 0 saturated carbocycles. The maximum absolute atomic E-state index is 10.7. The summed E-state index contributed by atoms with van der Waals surface area (Å²) >= 11 is 5.96. The van der Waals surface area contributed by atoms with Crippen molar-refractivity contribution >= 4 is 23.1 Å². The summed E-state index contributed by atoms with van der Waals surface area (Å²) in [5.41, 5.74) is -0.127. The average Bonchev–Trinajstić information content (AvgIpc) is 2.48. The minimum atomic E-state index is -0.542. The number of nitrogens with zero attached hydrogens (tertiary/aromatic N) is 3. The number of halogens is 1. The number of non-ortho nitro benzene ring substituents is 1. The molecule has 1 aromatic carbocycles. The topological polar surface area (TPSA) is 99.4 Å². The van der Waals surface area contributed by atoms with E-state index >= 15 is 0 Å². The molecule has 0 spiro atoms. The number of benzene rings is 1. The summed E-state index contributed by atoms with van der Waals surface area (Å²) in [6.45, 7) is 0. The third-order valence-electron chi connectivity index (χ3n) is 2.54. The molecule has 0 amide bonds. The van der Waals surface area contributed by atoms with Gasteiger partial charge in [-0.1, -0.05) is 11.6 Å². The van der Waals surface area contributed by atoms with Crippen LogP contribution in [-0.2, 0) is 0 Å². The van der Waals surface area contributed by atoms with Crippen LogP contribution in [0.2, 0.25) is 5.02 Å². The Labute approximate surface area is 124 Å². The number of hydrogen-bond donors (Lipinski definition) is 1. The first-order valence-electron chi connectivity index (χ1n) is 5.75. The first kappa shape index (κ1) is 14.8. The highest BCUT2D eigenvalue weighted by Crippen LogP contribution is 2.37. The third kappa shape index (κ3) is 3.11. The van der Waals surface area contributed by atoms with E-state index in [4.69, 9.17) is 21.1 Å². The highest BCUT2D eigenvalue weighted by Gasteiger charge is 2.16. The maximum atomic E-state index is 10.7. The van der Waals surface area contributed by atoms with Crippen LogP contribution >= 0.6 is 11.6 Å². The molecule has 0 unspecified atom stereocenters. The molecule has 1 aromatic heterocycles. The van der Waals surface area contributed by atoms with Crippen molar-refractivity contribution in [1.29, 1.82) is 0 Å². The molecule has 1 heterocycles. The van der Waals surface area contributed by atoms with Crippen LogP contribution < -0.4 is 14.8 Å². The van der Waals surface area contributed by atoms with Crippen LogP contribution in [-0.4, -0.2) is 29.0 Å². The van der Waals surface area contributed by atoms with Crippen molar-refractivity contribution in [2.45, 2.75) is 0 Å². The van der Waals surface area contributed by atoms with E-state index < -0.39 is 4.92 Å². The Morgan fingerprint density at radius 2 is 2.14 bits per heavy atom. The number of nitro groups is 1. The Kier molecular flexibility index (Phi) is 4.39. The van der Waals surface area contributed by atoms with E-state index in [0.717, 1.165) is 0 Å². The number of anilines is 1. The monoisotopic (exact) mass is 310 g/mol. The number of nitro benzene ring substituents is 1. The number of ether oxygens (including phenoxy) is 2. The van der Waals surface area contributed by atoms with Gasteiger partial charge in [-0.05, 0) is 6.07 Å². The van der Waals surface area contributed by atoms with Crippen LogP contribution in [0.5, 0.6) is 17.4 Å². The average molecular weight is 311 g/mol. The molecule has 0 bridgehead atoms. The number of methoxy groups -OCH3 is 1. The first-order valence-corrected chi connectivity index (χ1v) is 6.13. The van der Waals surface area contributed by atoms with Gasteiger partial charge in [-0.2, -0.15) is 4.98 Å². The molecule has 110 valence electrons. The second-order valence-corrected chi connectivity index (χ2v) is 4.19. The molecule has 0 aliphatic rings. The molecule has 0 aliphatic carbocycles. The number of hydrogen-bond acceptors (Lipinski definition) is 7. The quantitative estimate of drug-likeness (QED) is 0.669. The van der Waals surface area contributed by atoms with Gasteiger partial charge in [0.25, 0.3) is 11.6 Å². The summed E-state index contributed by atoms with van der Waals surface area (Å²) in [5.74, 6) is 1.11. The Bertz CT molecular complexity index is 680. The minimum Gasteiger partial charge on any atom is -0.489 e. The van der Waals surface area contributed by atoms with Crippen LogP contribution in [0.25, 0.3) is 0 Å². The molecule has 1 N–H and O–H groups in total. The highest BCUT2D eigenvalue weighted by molar-refractivity contribution is 6.32. The molecular formula is C12H11ClN4O4. The molecule has 8 nitrogen and oxygen atoms in total. The van der Waals surface area contributed by atoms with Gasteiger partial charge in [-0.25, -0.2) is 4.98 Å². The molecule has 0 radical (unpaired) electrons. The van der Waals surface area contributed by atoms with Crippen molar-refractivity contribution in [3.63, 3.8) is 0 Å². The zero-order chi connectivity index (χ0) is 15.4. The molecule has 0 atom stereocenters. The van der Waals surface area contributed by atoms with Crippen LogP contribution in [0.1, 0.15) is 0 Å². The molecule has 0 aliphatic heterocycles. The smallest absolute Gasteiger partial charge is 0.271 e. The number of nitrogens with one attached hydrogen (secondary N) is 1. The van der Waals surface area contributed by atoms with Crippen molar-refractivity contribution in [3.8, 4) is 17.4 Å². The standard InChI is InChI=1S/C12H11ClN4O4/c1-14-11-10(20-2)12(16-6-15-11)21-9-4-3-7(17(18)19)5-8(9)13/h3-6H,1-2H3,(H,14,15,16). The first-order chi connectivity index (χ1) is 10.1. The van der Waals surface area contributed by atoms with E-state index in [1.165, 1.54) is 31.6 Å². The lowest BCUT2D eigenvalue weighted by atomic mass is 10.3. The molecule has 2 aromatic rings. The minimum absolute atomic E-state index is 0.0934. The normalized spacial score (nSPS) is 10.0. The number of aromatic nitrogens is 2. The van der Waals surface area contributed by atoms with Gasteiger partial charge in [-0.3, -0.25) is 10.1 Å². The van der Waals surface area contributed by atoms with Crippen molar-refractivity contribution < 1.29 is 14.4 Å². The van der Waals surface area contributed by atoms with Gasteiger partial charge in [0.2, 0.25) is 5.75 Å². The van der Waals surface area contributed by atoms with Crippen LogP contribution in [0.15, 0.2) is 24.5 Å². The molecule has 0 fully saturated rings. The summed E-state index contributed by atoms with van der Waals surface area (Å²) in [7, 11) is 3.12. The summed E-state index contributed by atoms with van der Waals surface area (Å²) in [4.78, 5) is 18.1. The van der Waals surface area contributed by atoms with Crippen LogP contribution in [0.4, 0.5) is 11.5 Å². The van der Waals surface area contributed by atoms with E-state index in [1.54, 1.807) is 7.05 Å². The fourth-order valence-corrected chi connectivity index (χ4v) is 1.80. The summed E-state index contributed by atoms with van der Waals surface area (Å²) in [6, 6.07) is 3.87. The fourth-order valence-electron chi connectivity index (χ4n) is 1.58. The lowest BCUT2D eigenvalue weighted by molar-refractivity contribution is -0.384. The van der Waals surface area contributed by atoms with Gasteiger partial charge >= 0.3 is 0 Å². The maximum Gasteiger partial charge on any atom is 0.271 e. The summed E-state index contributed by atoms with van der Waals surface area (Å²) < 4.78 is 10.7. The predicted octanol–water partition coefficient (Wildman–Crippen LogP) is 2.88. The van der Waals surface area contributed by atoms with Gasteiger partial charge in [0.15, 0.2) is 5.82 Å². The van der Waals surface area contributed by atoms with E-state index in [9.17, 15) is 10.1 Å². The summed E-state index contributed by atoms with van der Waals surface area (Å²) in [6.07, 6.45) is 1.29. The Morgan fingerprint density at radius 3 is 2.71 bits per heavy atom. The third-order valence-corrected chi connectivity index (χ3v) is 2.84. The van der Waals surface area contributed by atoms with Gasteiger partial charge in [-0.15, -0.1) is 0 Å². The second kappa shape index (κ2) is 6.23. The molecule has 21 heavy (non-hydrogen) atoms. The van der Waals surface area contributed by atoms with Gasteiger partial charge in [0, 0.05) is 19.2 Å². The highest BCUT2D eigenvalue weighted by atomic mass is 35.5. The van der Waals surface area contributed by atoms with Crippen molar-refractivity contribution in [3.05, 3.63) is 39.7 Å². The predicted molar refractivity (Wildman–Crippen MR) is 76.3 cm³/mol. The summed E-state index contributed by atoms with van der Waals surface area (Å²) in [5, 5.41) is 13.6. The second-order valence-electron chi connectivity index (χ2n) is 3.78. The SMILES string of the molecule is CNc1ncnc(Oc2ccc([N+](=O)[O-])cc2Cl)c1OC. The van der Waals surface area contributed by atoms with Gasteiger partial charge < -0.3 is 14.8 Å². The zero-order valence-corrected chi connectivity index (χ0v) is 11.9. The van der Waals surface area contributed by atoms with Crippen molar-refractivity contribution in [1.82, 2.24) is 9.97 Å². The lowest BCUT2D eigenvalue weighted by Gasteiger charge is -2.12. The number of rotatable bonds is 5. The van der Waals surface area contributed by atoms with E-state index in [0.29, 0.717) is 11.6 Å². The lowest BCUT2D eigenvalue weighted by Crippen LogP contribution is -2.01. The van der Waals surface area contributed by atoms with Crippen LogP contribution in [0, 0.1) is 10.1 Å². The Morgan fingerprint density at radius 1 is 1.38 bits per heavy atom. The molecular weight excluding hydrogens is 300 g/mol. The fraction of sp³-hybridized carbons (Fsp3) is 0.167. The van der Waals surface area contributed by atoms with Crippen LogP contribution in [0.3, 0.4) is 0 Å². The molecule has 9 heteroatoms. The molecule has 0 saturated heterocycles. The van der Waals surface area contributed by atoms with Crippen molar-refractivity contribution in [2.24, 2.45) is 0 Å². The van der Waals surface area contributed by atoms with E-state index in [1.807, 2.05) is 0 Å². The van der Waals surface area contributed by atoms with Gasteiger partial charge in [0.05, 0.1) is 17.1 Å².